The van der Waals surface area contributed by atoms with Crippen LogP contribution < -0.4 is 16.0 Å². The van der Waals surface area contributed by atoms with Gasteiger partial charge in [0.05, 0.1) is 6.54 Å². The van der Waals surface area contributed by atoms with Crippen molar-refractivity contribution in [2.45, 2.75) is 65.1 Å². The maximum Gasteiger partial charge on any atom is 0.407 e. The number of rotatable bonds is 8. The molecule has 0 aliphatic rings. The number of amides is 1. The number of aliphatic imine (C=N–C) groups is 1. The molecule has 1 amide bonds. The summed E-state index contributed by atoms with van der Waals surface area (Å²) in [7, 11) is 3.60. The lowest BCUT2D eigenvalue weighted by Gasteiger charge is -2.24. The fourth-order valence-corrected chi connectivity index (χ4v) is 2.21. The first kappa shape index (κ1) is 25.4. The van der Waals surface area contributed by atoms with Gasteiger partial charge in [0, 0.05) is 26.7 Å². The summed E-state index contributed by atoms with van der Waals surface area (Å²) in [6.07, 6.45) is 4.28. The minimum atomic E-state index is -0.510. The molecule has 0 saturated carbocycles. The Kier molecular flexibility index (Phi) is 12.0. The lowest BCUT2D eigenvalue weighted by Crippen LogP contribution is -2.49. The Morgan fingerprint density at radius 1 is 1.37 bits per heavy atom. The summed E-state index contributed by atoms with van der Waals surface area (Å²) in [6, 6.07) is 0.0492. The molecule has 1 unspecified atom stereocenters. The van der Waals surface area contributed by atoms with E-state index >= 15 is 0 Å². The highest BCUT2D eigenvalue weighted by Gasteiger charge is 2.18. The topological polar surface area (TPSA) is 105 Å². The molecule has 0 fully saturated rings. The third-order valence-corrected chi connectivity index (χ3v) is 3.58. The van der Waals surface area contributed by atoms with Crippen molar-refractivity contribution in [2.75, 3.05) is 13.6 Å². The van der Waals surface area contributed by atoms with E-state index in [0.29, 0.717) is 19.0 Å². The first-order valence-electron chi connectivity index (χ1n) is 9.02. The molecular formula is C17H34IN7O2. The number of aromatic nitrogens is 3. The molecule has 156 valence electrons. The van der Waals surface area contributed by atoms with Gasteiger partial charge in [-0.2, -0.15) is 0 Å². The molecule has 0 radical (unpaired) electrons. The number of hydrogen-bond donors (Lipinski definition) is 3. The molecule has 0 aromatic carbocycles. The van der Waals surface area contributed by atoms with Crippen molar-refractivity contribution in [3.05, 3.63) is 12.2 Å². The molecule has 0 aliphatic carbocycles. The Labute approximate surface area is 179 Å². The zero-order valence-electron chi connectivity index (χ0n) is 17.2. The van der Waals surface area contributed by atoms with E-state index in [9.17, 15) is 4.79 Å². The van der Waals surface area contributed by atoms with Crippen molar-refractivity contribution < 1.29 is 9.53 Å². The Balaban J connectivity index is 0.00000676. The summed E-state index contributed by atoms with van der Waals surface area (Å²) in [5, 5.41) is 17.3. The van der Waals surface area contributed by atoms with Crippen LogP contribution in [0.2, 0.25) is 0 Å². The summed E-state index contributed by atoms with van der Waals surface area (Å²) in [4.78, 5) is 16.1. The average Bonchev–Trinajstić information content (AvgIpc) is 2.96. The van der Waals surface area contributed by atoms with Gasteiger partial charge in [-0.05, 0) is 27.2 Å². The normalized spacial score (nSPS) is 12.7. The molecule has 0 bridgehead atoms. The van der Waals surface area contributed by atoms with Crippen LogP contribution in [0.4, 0.5) is 4.79 Å². The summed E-state index contributed by atoms with van der Waals surface area (Å²) >= 11 is 0. The number of ether oxygens (including phenoxy) is 1. The monoisotopic (exact) mass is 495 g/mol. The quantitative estimate of drug-likeness (QED) is 0.290. The molecule has 1 aromatic rings. The zero-order chi connectivity index (χ0) is 19.6. The van der Waals surface area contributed by atoms with Crippen LogP contribution in [0.25, 0.3) is 0 Å². The SMILES string of the molecule is CCCCC(CNC(=O)OC(C)(C)C)NC(=NC)NCc1nncn1C.I. The highest BCUT2D eigenvalue weighted by atomic mass is 127. The number of alkyl carbamates (subject to hydrolysis) is 1. The Hall–Kier alpha value is -1.59. The Bertz CT molecular complexity index is 584. The summed E-state index contributed by atoms with van der Waals surface area (Å²) in [5.74, 6) is 1.46. The molecule has 0 spiro atoms. The number of aryl methyl sites for hydroxylation is 1. The van der Waals surface area contributed by atoms with Crippen molar-refractivity contribution >= 4 is 36.0 Å². The molecule has 0 saturated heterocycles. The van der Waals surface area contributed by atoms with Crippen LogP contribution in [0.3, 0.4) is 0 Å². The molecule has 9 nitrogen and oxygen atoms in total. The largest absolute Gasteiger partial charge is 0.444 e. The summed E-state index contributed by atoms with van der Waals surface area (Å²) in [5.41, 5.74) is -0.510. The van der Waals surface area contributed by atoms with E-state index in [-0.39, 0.29) is 30.0 Å². The van der Waals surface area contributed by atoms with E-state index in [1.165, 1.54) is 0 Å². The smallest absolute Gasteiger partial charge is 0.407 e. The number of unbranched alkanes of at least 4 members (excludes halogenated alkanes) is 1. The van der Waals surface area contributed by atoms with E-state index in [1.54, 1.807) is 13.4 Å². The van der Waals surface area contributed by atoms with E-state index < -0.39 is 11.7 Å². The van der Waals surface area contributed by atoms with Gasteiger partial charge in [-0.25, -0.2) is 4.79 Å². The third kappa shape index (κ3) is 11.0. The van der Waals surface area contributed by atoms with Crippen LogP contribution in [0.1, 0.15) is 52.8 Å². The molecule has 1 aromatic heterocycles. The Morgan fingerprint density at radius 2 is 2.07 bits per heavy atom. The number of guanidine groups is 1. The van der Waals surface area contributed by atoms with Crippen LogP contribution in [-0.4, -0.2) is 52.1 Å². The maximum atomic E-state index is 11.9. The standard InChI is InChI=1S/C17H33N7O2.HI/c1-7-8-9-13(10-20-16(25)26-17(2,3)4)22-15(18-5)19-11-14-23-21-12-24(14)6;/h12-13H,7-11H2,1-6H3,(H,20,25)(H2,18,19,22);1H. The molecule has 3 N–H and O–H groups in total. The van der Waals surface area contributed by atoms with Crippen molar-refractivity contribution in [2.24, 2.45) is 12.0 Å². The fourth-order valence-electron chi connectivity index (χ4n) is 2.21. The second-order valence-electron chi connectivity index (χ2n) is 7.15. The molecular weight excluding hydrogens is 461 g/mol. The first-order valence-corrected chi connectivity index (χ1v) is 9.02. The van der Waals surface area contributed by atoms with Gasteiger partial charge >= 0.3 is 6.09 Å². The first-order chi connectivity index (χ1) is 12.2. The Morgan fingerprint density at radius 3 is 2.59 bits per heavy atom. The lowest BCUT2D eigenvalue weighted by atomic mass is 10.1. The van der Waals surface area contributed by atoms with Crippen LogP contribution in [0, 0.1) is 0 Å². The molecule has 27 heavy (non-hydrogen) atoms. The van der Waals surface area contributed by atoms with Crippen molar-refractivity contribution in [1.82, 2.24) is 30.7 Å². The van der Waals surface area contributed by atoms with E-state index in [2.05, 4.69) is 38.1 Å². The molecule has 0 aliphatic heterocycles. The lowest BCUT2D eigenvalue weighted by molar-refractivity contribution is 0.0523. The van der Waals surface area contributed by atoms with Crippen LogP contribution in [-0.2, 0) is 18.3 Å². The van der Waals surface area contributed by atoms with Crippen molar-refractivity contribution in [3.8, 4) is 0 Å². The van der Waals surface area contributed by atoms with Crippen LogP contribution in [0.5, 0.6) is 0 Å². The molecule has 1 atom stereocenters. The van der Waals surface area contributed by atoms with Crippen LogP contribution in [0.15, 0.2) is 11.3 Å². The molecule has 1 heterocycles. The van der Waals surface area contributed by atoms with Gasteiger partial charge in [0.2, 0.25) is 0 Å². The second kappa shape index (κ2) is 12.7. The second-order valence-corrected chi connectivity index (χ2v) is 7.15. The predicted molar refractivity (Wildman–Crippen MR) is 117 cm³/mol. The van der Waals surface area contributed by atoms with Crippen molar-refractivity contribution in [1.29, 1.82) is 0 Å². The fraction of sp³-hybridized carbons (Fsp3) is 0.765. The van der Waals surface area contributed by atoms with Crippen molar-refractivity contribution in [3.63, 3.8) is 0 Å². The van der Waals surface area contributed by atoms with Gasteiger partial charge in [0.1, 0.15) is 11.9 Å². The van der Waals surface area contributed by atoms with Gasteiger partial charge in [-0.3, -0.25) is 4.99 Å². The third-order valence-electron chi connectivity index (χ3n) is 3.58. The molecule has 1 rings (SSSR count). The highest BCUT2D eigenvalue weighted by molar-refractivity contribution is 14.0. The minimum absolute atomic E-state index is 0. The number of nitrogens with zero attached hydrogens (tertiary/aromatic N) is 4. The van der Waals surface area contributed by atoms with E-state index in [0.717, 1.165) is 25.1 Å². The highest BCUT2D eigenvalue weighted by Crippen LogP contribution is 2.07. The summed E-state index contributed by atoms with van der Waals surface area (Å²) < 4.78 is 7.14. The van der Waals surface area contributed by atoms with Gasteiger partial charge in [0.25, 0.3) is 0 Å². The van der Waals surface area contributed by atoms with Gasteiger partial charge in [0.15, 0.2) is 11.8 Å². The van der Waals surface area contributed by atoms with Gasteiger partial charge in [-0.1, -0.05) is 19.8 Å². The van der Waals surface area contributed by atoms with Crippen LogP contribution >= 0.6 is 24.0 Å². The number of carbonyl (C=O) groups is 1. The zero-order valence-corrected chi connectivity index (χ0v) is 19.5. The predicted octanol–water partition coefficient (Wildman–Crippen LogP) is 2.18. The average molecular weight is 495 g/mol. The number of hydrogen-bond acceptors (Lipinski definition) is 5. The number of carbonyl (C=O) groups excluding carboxylic acids is 1. The van der Waals surface area contributed by atoms with E-state index in [4.69, 9.17) is 4.74 Å². The summed E-state index contributed by atoms with van der Waals surface area (Å²) in [6.45, 7) is 8.64. The number of nitrogens with one attached hydrogen (secondary N) is 3. The van der Waals surface area contributed by atoms with E-state index in [1.807, 2.05) is 32.4 Å². The molecule has 10 heteroatoms. The van der Waals surface area contributed by atoms with Gasteiger partial charge in [-0.15, -0.1) is 34.2 Å². The number of halogens is 1. The van der Waals surface area contributed by atoms with Gasteiger partial charge < -0.3 is 25.3 Å². The minimum Gasteiger partial charge on any atom is -0.444 e. The maximum absolute atomic E-state index is 11.9.